The minimum absolute atomic E-state index is 0.177. The third-order valence-electron chi connectivity index (χ3n) is 11.3. The fourth-order valence-corrected chi connectivity index (χ4v) is 8.78. The molecule has 4 aliphatic rings. The molecule has 2 saturated heterocycles. The summed E-state index contributed by atoms with van der Waals surface area (Å²) < 4.78 is 15.0. The van der Waals surface area contributed by atoms with Gasteiger partial charge in [0.25, 0.3) is 0 Å². The summed E-state index contributed by atoms with van der Waals surface area (Å²) in [5.41, 5.74) is 2.94. The Morgan fingerprint density at radius 3 is 2.04 bits per heavy atom. The van der Waals surface area contributed by atoms with Gasteiger partial charge in [-0.2, -0.15) is 10.2 Å². The molecule has 6 atom stereocenters. The van der Waals surface area contributed by atoms with E-state index in [0.29, 0.717) is 28.3 Å². The lowest BCUT2D eigenvalue weighted by molar-refractivity contribution is -0.131. The molecule has 0 aromatic heterocycles. The lowest BCUT2D eigenvalue weighted by atomic mass is 9.51. The van der Waals surface area contributed by atoms with Gasteiger partial charge in [0.15, 0.2) is 11.6 Å². The third kappa shape index (κ3) is 5.05. The fraction of sp³-hybridized carbons (Fsp3) is 0.268. The summed E-state index contributed by atoms with van der Waals surface area (Å²) >= 11 is 0. The Morgan fingerprint density at radius 2 is 1.40 bits per heavy atom. The molecule has 4 aromatic rings. The number of allylic oxidation sites excluding steroid dienone is 2. The number of amides is 4. The molecule has 0 bridgehead atoms. The van der Waals surface area contributed by atoms with E-state index >= 15 is 0 Å². The number of carbonyl (C=O) groups is 4. The molecule has 8 rings (SSSR count). The largest absolute Gasteiger partial charge is 0.505 e. The van der Waals surface area contributed by atoms with Crippen molar-refractivity contribution in [3.8, 4) is 5.75 Å². The molecular weight excluding hydrogens is 661 g/mol. The van der Waals surface area contributed by atoms with E-state index in [2.05, 4.69) is 10.2 Å². The number of imide groups is 2. The van der Waals surface area contributed by atoms with E-state index in [1.165, 1.54) is 21.9 Å². The van der Waals surface area contributed by atoms with Gasteiger partial charge in [-0.3, -0.25) is 24.1 Å². The van der Waals surface area contributed by atoms with Gasteiger partial charge < -0.3 is 10.0 Å². The number of para-hydroxylation sites is 1. The minimum atomic E-state index is -1.31. The molecule has 1 N–H and O–H groups in total. The molecule has 3 fully saturated rings. The average Bonchev–Trinajstić information content (AvgIpc) is 3.52. The number of phenolic OH excluding ortho intramolecular Hbond substituents is 1. The normalized spacial score (nSPS) is 26.8. The van der Waals surface area contributed by atoms with Gasteiger partial charge in [0.05, 0.1) is 45.9 Å². The Kier molecular flexibility index (Phi) is 7.89. The van der Waals surface area contributed by atoms with E-state index in [1.54, 1.807) is 67.6 Å². The van der Waals surface area contributed by atoms with Crippen molar-refractivity contribution in [3.63, 3.8) is 0 Å². The van der Waals surface area contributed by atoms with Gasteiger partial charge in [-0.1, -0.05) is 35.9 Å². The van der Waals surface area contributed by atoms with Crippen molar-refractivity contribution in [1.82, 2.24) is 0 Å². The first-order chi connectivity index (χ1) is 25.0. The number of azo groups is 1. The Hall–Kier alpha value is -5.97. The lowest BCUT2D eigenvalue weighted by Crippen LogP contribution is -2.48. The average molecular weight is 698 g/mol. The second kappa shape index (κ2) is 12.4. The van der Waals surface area contributed by atoms with Crippen LogP contribution in [0.3, 0.4) is 0 Å². The minimum Gasteiger partial charge on any atom is -0.505 e. The molecule has 11 heteroatoms. The smallest absolute Gasteiger partial charge is 0.241 e. The summed E-state index contributed by atoms with van der Waals surface area (Å²) in [5, 5.41) is 18.7. The third-order valence-corrected chi connectivity index (χ3v) is 11.3. The molecule has 1 saturated carbocycles. The van der Waals surface area contributed by atoms with Crippen LogP contribution in [-0.2, 0) is 19.2 Å². The van der Waals surface area contributed by atoms with Gasteiger partial charge in [-0.25, -0.2) is 9.29 Å². The van der Waals surface area contributed by atoms with Crippen LogP contribution in [0.5, 0.6) is 5.75 Å². The van der Waals surface area contributed by atoms with E-state index in [1.807, 2.05) is 49.3 Å². The van der Waals surface area contributed by atoms with Crippen LogP contribution in [0.15, 0.2) is 119 Å². The monoisotopic (exact) mass is 697 g/mol. The van der Waals surface area contributed by atoms with Crippen LogP contribution in [0, 0.1) is 34.9 Å². The molecule has 2 aliphatic carbocycles. The Labute approximate surface area is 299 Å². The number of hydrogen-bond donors (Lipinski definition) is 1. The van der Waals surface area contributed by atoms with Crippen LogP contribution in [0.4, 0.5) is 32.8 Å². The molecule has 0 radical (unpaired) electrons. The number of benzene rings is 4. The molecule has 262 valence electrons. The number of halogens is 1. The summed E-state index contributed by atoms with van der Waals surface area (Å²) in [7, 11) is 3.91. The van der Waals surface area contributed by atoms with Crippen molar-refractivity contribution in [2.45, 2.75) is 25.7 Å². The predicted octanol–water partition coefficient (Wildman–Crippen LogP) is 7.45. The maximum atomic E-state index is 15.0. The highest BCUT2D eigenvalue weighted by Gasteiger charge is 2.67. The molecule has 2 heterocycles. The Morgan fingerprint density at radius 1 is 0.769 bits per heavy atom. The number of fused-ring (bicyclic) bond motifs is 4. The Balaban J connectivity index is 1.12. The zero-order valence-electron chi connectivity index (χ0n) is 28.8. The van der Waals surface area contributed by atoms with Crippen LogP contribution in [-0.4, -0.2) is 42.8 Å². The SMILES string of the molecule is CN(C)c1ccc(N=Nc2ccc(N3C(=O)C4CC=C5C(CC6C(=O)N(c7ccccc7)C(=O)C6(C)C5c5ccc(O)c(F)c5)C4C3=O)cc2)cc1. The standard InChI is InChI=1S/C41H36FN5O5/c1-41-32(38(50)47(40(41)52)27-7-5-4-6-8-27)22-31-29(36(41)23-9-20-34(48)33(42)21-23)18-19-30-35(31)39(51)46(37(30)49)28-16-12-25(13-17-28)44-43-24-10-14-26(15-11-24)45(2)3/h4-18,20-21,30-32,35-36,48H,19,22H2,1-3H3. The van der Waals surface area contributed by atoms with Gasteiger partial charge in [-0.15, -0.1) is 0 Å². The number of nitrogens with zero attached hydrogens (tertiary/aromatic N) is 5. The Bertz CT molecular complexity index is 2190. The van der Waals surface area contributed by atoms with Gasteiger partial charge in [0.2, 0.25) is 23.6 Å². The van der Waals surface area contributed by atoms with Crippen molar-refractivity contribution in [3.05, 3.63) is 120 Å². The number of phenols is 1. The summed E-state index contributed by atoms with van der Waals surface area (Å²) in [6, 6.07) is 27.0. The summed E-state index contributed by atoms with van der Waals surface area (Å²) in [6.07, 6.45) is 2.34. The van der Waals surface area contributed by atoms with Gasteiger partial charge >= 0.3 is 0 Å². The van der Waals surface area contributed by atoms with Crippen LogP contribution < -0.4 is 14.7 Å². The van der Waals surface area contributed by atoms with E-state index in [0.717, 1.165) is 11.3 Å². The van der Waals surface area contributed by atoms with Gasteiger partial charge in [-0.05, 0) is 104 Å². The second-order valence-corrected chi connectivity index (χ2v) is 14.3. The number of anilines is 3. The first-order valence-corrected chi connectivity index (χ1v) is 17.3. The van der Waals surface area contributed by atoms with E-state index in [-0.39, 0.29) is 24.7 Å². The van der Waals surface area contributed by atoms with Crippen molar-refractivity contribution >= 4 is 52.1 Å². The number of hydrogen-bond acceptors (Lipinski definition) is 8. The van der Waals surface area contributed by atoms with E-state index in [9.17, 15) is 28.7 Å². The molecular formula is C41H36FN5O5. The van der Waals surface area contributed by atoms with Crippen molar-refractivity contribution in [2.24, 2.45) is 39.3 Å². The van der Waals surface area contributed by atoms with Crippen LogP contribution in [0.2, 0.25) is 0 Å². The zero-order valence-corrected chi connectivity index (χ0v) is 28.8. The first-order valence-electron chi connectivity index (χ1n) is 17.3. The molecule has 10 nitrogen and oxygen atoms in total. The fourth-order valence-electron chi connectivity index (χ4n) is 8.78. The molecule has 4 amide bonds. The summed E-state index contributed by atoms with van der Waals surface area (Å²) in [5.74, 6) is -6.52. The predicted molar refractivity (Wildman–Crippen MR) is 193 cm³/mol. The summed E-state index contributed by atoms with van der Waals surface area (Å²) in [4.78, 5) is 61.5. The van der Waals surface area contributed by atoms with E-state index in [4.69, 9.17) is 0 Å². The number of carbonyl (C=O) groups excluding carboxylic acids is 4. The topological polar surface area (TPSA) is 123 Å². The van der Waals surface area contributed by atoms with E-state index < -0.39 is 58.4 Å². The number of aromatic hydroxyl groups is 1. The van der Waals surface area contributed by atoms with Crippen molar-refractivity contribution in [2.75, 3.05) is 28.8 Å². The maximum absolute atomic E-state index is 15.0. The summed E-state index contributed by atoms with van der Waals surface area (Å²) in [6.45, 7) is 1.74. The zero-order chi connectivity index (χ0) is 36.5. The van der Waals surface area contributed by atoms with Crippen LogP contribution in [0.1, 0.15) is 31.2 Å². The van der Waals surface area contributed by atoms with Crippen molar-refractivity contribution < 1.29 is 28.7 Å². The molecule has 6 unspecified atom stereocenters. The highest BCUT2D eigenvalue weighted by Crippen LogP contribution is 2.63. The van der Waals surface area contributed by atoms with Crippen LogP contribution in [0.25, 0.3) is 0 Å². The molecule has 52 heavy (non-hydrogen) atoms. The highest BCUT2D eigenvalue weighted by atomic mass is 19.1. The molecule has 4 aromatic carbocycles. The van der Waals surface area contributed by atoms with Gasteiger partial charge in [0, 0.05) is 25.7 Å². The highest BCUT2D eigenvalue weighted by molar-refractivity contribution is 6.25. The lowest BCUT2D eigenvalue weighted by Gasteiger charge is -2.49. The van der Waals surface area contributed by atoms with Gasteiger partial charge in [0.1, 0.15) is 0 Å². The molecule has 2 aliphatic heterocycles. The number of rotatable bonds is 6. The quantitative estimate of drug-likeness (QED) is 0.127. The maximum Gasteiger partial charge on any atom is 0.241 e. The first kappa shape index (κ1) is 33.2. The van der Waals surface area contributed by atoms with Crippen LogP contribution >= 0.6 is 0 Å². The second-order valence-electron chi connectivity index (χ2n) is 14.3. The molecule has 0 spiro atoms. The van der Waals surface area contributed by atoms with Crippen molar-refractivity contribution in [1.29, 1.82) is 0 Å².